The van der Waals surface area contributed by atoms with Crippen LogP contribution in [0.25, 0.3) is 0 Å². The van der Waals surface area contributed by atoms with Crippen LogP contribution in [-0.2, 0) is 13.0 Å². The molecule has 0 atom stereocenters. The summed E-state index contributed by atoms with van der Waals surface area (Å²) in [5.41, 5.74) is 10.2. The third kappa shape index (κ3) is 3.57. The summed E-state index contributed by atoms with van der Waals surface area (Å²) in [5.74, 6) is 0. The molecule has 0 radical (unpaired) electrons. The number of anilines is 1. The minimum Gasteiger partial charge on any atom is -0.385 e. The lowest BCUT2D eigenvalue weighted by Gasteiger charge is -2.07. The average Bonchev–Trinajstić information content (AvgIpc) is 2.42. The quantitative estimate of drug-likeness (QED) is 0.845. The highest BCUT2D eigenvalue weighted by atomic mass is 14.9. The van der Waals surface area contributed by atoms with Gasteiger partial charge in [-0.1, -0.05) is 18.2 Å². The van der Waals surface area contributed by atoms with E-state index in [0.29, 0.717) is 6.54 Å². The molecule has 0 aliphatic carbocycles. The molecule has 0 fully saturated rings. The van der Waals surface area contributed by atoms with Crippen molar-refractivity contribution in [1.82, 2.24) is 4.98 Å². The maximum absolute atomic E-state index is 5.56. The summed E-state index contributed by atoms with van der Waals surface area (Å²) in [6.45, 7) is 3.50. The fourth-order valence-electron chi connectivity index (χ4n) is 1.76. The Balaban J connectivity index is 1.82. The van der Waals surface area contributed by atoms with Crippen LogP contribution in [0.15, 0.2) is 42.6 Å². The van der Waals surface area contributed by atoms with Crippen molar-refractivity contribution in [3.05, 3.63) is 59.4 Å². The number of pyridine rings is 1. The van der Waals surface area contributed by atoms with Crippen molar-refractivity contribution in [2.75, 3.05) is 11.9 Å². The molecule has 1 aromatic heterocycles. The van der Waals surface area contributed by atoms with E-state index in [2.05, 4.69) is 40.6 Å². The van der Waals surface area contributed by atoms with Crippen molar-refractivity contribution in [2.24, 2.45) is 5.73 Å². The van der Waals surface area contributed by atoms with E-state index in [9.17, 15) is 0 Å². The molecule has 0 saturated heterocycles. The number of aromatic nitrogens is 1. The molecule has 0 amide bonds. The van der Waals surface area contributed by atoms with Gasteiger partial charge in [0.25, 0.3) is 0 Å². The van der Waals surface area contributed by atoms with E-state index in [1.807, 2.05) is 19.2 Å². The van der Waals surface area contributed by atoms with Crippen LogP contribution < -0.4 is 11.1 Å². The van der Waals surface area contributed by atoms with Gasteiger partial charge in [-0.25, -0.2) is 0 Å². The lowest BCUT2D eigenvalue weighted by molar-refractivity contribution is 0.995. The number of nitrogens with zero attached hydrogens (tertiary/aromatic N) is 1. The maximum Gasteiger partial charge on any atom is 0.0372 e. The van der Waals surface area contributed by atoms with Crippen LogP contribution in [0.2, 0.25) is 0 Å². The van der Waals surface area contributed by atoms with Gasteiger partial charge in [-0.2, -0.15) is 0 Å². The van der Waals surface area contributed by atoms with E-state index in [0.717, 1.165) is 29.9 Å². The third-order valence-electron chi connectivity index (χ3n) is 2.91. The second-order valence-corrected chi connectivity index (χ2v) is 4.39. The molecule has 3 nitrogen and oxygen atoms in total. The topological polar surface area (TPSA) is 50.9 Å². The Morgan fingerprint density at radius 2 is 1.78 bits per heavy atom. The smallest absolute Gasteiger partial charge is 0.0372 e. The van der Waals surface area contributed by atoms with Gasteiger partial charge in [-0.3, -0.25) is 4.98 Å². The molecule has 0 bridgehead atoms. The van der Waals surface area contributed by atoms with E-state index >= 15 is 0 Å². The molecule has 0 spiro atoms. The van der Waals surface area contributed by atoms with E-state index in [4.69, 9.17) is 5.73 Å². The molecule has 3 N–H and O–H groups in total. The summed E-state index contributed by atoms with van der Waals surface area (Å²) < 4.78 is 0. The van der Waals surface area contributed by atoms with E-state index in [1.165, 1.54) is 5.56 Å². The zero-order chi connectivity index (χ0) is 12.8. The molecule has 2 rings (SSSR count). The predicted molar refractivity (Wildman–Crippen MR) is 75.5 cm³/mol. The first-order chi connectivity index (χ1) is 8.78. The molecule has 0 aliphatic heterocycles. The molecular formula is C15H19N3. The lowest BCUT2D eigenvalue weighted by atomic mass is 10.2. The van der Waals surface area contributed by atoms with Crippen LogP contribution in [0, 0.1) is 6.92 Å². The van der Waals surface area contributed by atoms with Crippen LogP contribution >= 0.6 is 0 Å². The summed E-state index contributed by atoms with van der Waals surface area (Å²) in [4.78, 5) is 4.29. The fourth-order valence-corrected chi connectivity index (χ4v) is 1.76. The molecule has 0 unspecified atom stereocenters. The Morgan fingerprint density at radius 1 is 1.06 bits per heavy atom. The van der Waals surface area contributed by atoms with Gasteiger partial charge in [0, 0.05) is 30.7 Å². The Labute approximate surface area is 108 Å². The molecule has 3 heteroatoms. The van der Waals surface area contributed by atoms with Crippen molar-refractivity contribution in [3.63, 3.8) is 0 Å². The summed E-state index contributed by atoms with van der Waals surface area (Å²) in [5, 5.41) is 3.39. The van der Waals surface area contributed by atoms with Crippen LogP contribution in [0.3, 0.4) is 0 Å². The molecule has 2 aromatic rings. The summed E-state index contributed by atoms with van der Waals surface area (Å²) in [6.07, 6.45) is 2.92. The first-order valence-corrected chi connectivity index (χ1v) is 6.22. The van der Waals surface area contributed by atoms with E-state index in [1.54, 1.807) is 0 Å². The number of hydrogen-bond acceptors (Lipinski definition) is 3. The minimum atomic E-state index is 0.593. The number of nitrogens with two attached hydrogens (primary N) is 1. The second kappa shape index (κ2) is 6.17. The minimum absolute atomic E-state index is 0.593. The van der Waals surface area contributed by atoms with Crippen LogP contribution in [-0.4, -0.2) is 11.5 Å². The van der Waals surface area contributed by atoms with Gasteiger partial charge in [0.05, 0.1) is 0 Å². The fraction of sp³-hybridized carbons (Fsp3) is 0.267. The summed E-state index contributed by atoms with van der Waals surface area (Å²) in [7, 11) is 0. The number of hydrogen-bond donors (Lipinski definition) is 2. The van der Waals surface area contributed by atoms with Crippen molar-refractivity contribution < 1.29 is 0 Å². The van der Waals surface area contributed by atoms with Gasteiger partial charge < -0.3 is 11.1 Å². The van der Waals surface area contributed by atoms with Crippen LogP contribution in [0.5, 0.6) is 0 Å². The standard InChI is InChI=1S/C15H19N3/c1-12-2-3-14(11-18-12)8-9-17-15-6-4-13(10-16)5-7-15/h2-7,11,17H,8-10,16H2,1H3. The molecule has 18 heavy (non-hydrogen) atoms. The van der Waals surface area contributed by atoms with Gasteiger partial charge in [-0.05, 0) is 42.7 Å². The average molecular weight is 241 g/mol. The van der Waals surface area contributed by atoms with Crippen molar-refractivity contribution >= 4 is 5.69 Å². The predicted octanol–water partition coefficient (Wildman–Crippen LogP) is 2.50. The lowest BCUT2D eigenvalue weighted by Crippen LogP contribution is -2.05. The second-order valence-electron chi connectivity index (χ2n) is 4.39. The van der Waals surface area contributed by atoms with Crippen LogP contribution in [0.1, 0.15) is 16.8 Å². The molecule has 94 valence electrons. The Kier molecular flexibility index (Phi) is 4.31. The highest BCUT2D eigenvalue weighted by Gasteiger charge is 1.95. The first-order valence-electron chi connectivity index (χ1n) is 6.22. The maximum atomic E-state index is 5.56. The third-order valence-corrected chi connectivity index (χ3v) is 2.91. The van der Waals surface area contributed by atoms with Crippen molar-refractivity contribution in [1.29, 1.82) is 0 Å². The van der Waals surface area contributed by atoms with Gasteiger partial charge in [0.1, 0.15) is 0 Å². The highest BCUT2D eigenvalue weighted by molar-refractivity contribution is 5.44. The molecule has 1 aromatic carbocycles. The first kappa shape index (κ1) is 12.6. The highest BCUT2D eigenvalue weighted by Crippen LogP contribution is 2.09. The monoisotopic (exact) mass is 241 g/mol. The number of benzene rings is 1. The summed E-state index contributed by atoms with van der Waals surface area (Å²) in [6, 6.07) is 12.4. The van der Waals surface area contributed by atoms with Gasteiger partial charge in [0.2, 0.25) is 0 Å². The largest absolute Gasteiger partial charge is 0.385 e. The van der Waals surface area contributed by atoms with Crippen molar-refractivity contribution in [3.8, 4) is 0 Å². The van der Waals surface area contributed by atoms with Gasteiger partial charge in [0.15, 0.2) is 0 Å². The summed E-state index contributed by atoms with van der Waals surface area (Å²) >= 11 is 0. The van der Waals surface area contributed by atoms with E-state index < -0.39 is 0 Å². The Morgan fingerprint density at radius 3 is 2.39 bits per heavy atom. The molecule has 1 heterocycles. The SMILES string of the molecule is Cc1ccc(CCNc2ccc(CN)cc2)cn1. The number of rotatable bonds is 5. The van der Waals surface area contributed by atoms with Crippen molar-refractivity contribution in [2.45, 2.75) is 19.9 Å². The molecule has 0 saturated carbocycles. The molecular weight excluding hydrogens is 222 g/mol. The number of nitrogens with one attached hydrogen (secondary N) is 1. The van der Waals surface area contributed by atoms with E-state index in [-0.39, 0.29) is 0 Å². The zero-order valence-electron chi connectivity index (χ0n) is 10.7. The van der Waals surface area contributed by atoms with Gasteiger partial charge >= 0.3 is 0 Å². The van der Waals surface area contributed by atoms with Gasteiger partial charge in [-0.15, -0.1) is 0 Å². The normalized spacial score (nSPS) is 10.3. The zero-order valence-corrected chi connectivity index (χ0v) is 10.7. The molecule has 0 aliphatic rings. The number of aryl methyl sites for hydroxylation is 1. The Hall–Kier alpha value is -1.87. The Bertz CT molecular complexity index is 474. The van der Waals surface area contributed by atoms with Crippen LogP contribution in [0.4, 0.5) is 5.69 Å².